The van der Waals surface area contributed by atoms with Gasteiger partial charge in [0.25, 0.3) is 0 Å². The normalized spacial score (nSPS) is 22.1. The van der Waals surface area contributed by atoms with Crippen molar-refractivity contribution in [2.24, 2.45) is 17.3 Å². The van der Waals surface area contributed by atoms with Crippen LogP contribution in [0.15, 0.2) is 36.7 Å². The molecule has 1 aromatic heterocycles. The molecule has 2 aliphatic carbocycles. The zero-order valence-electron chi connectivity index (χ0n) is 19.5. The highest BCUT2D eigenvalue weighted by Crippen LogP contribution is 2.50. The lowest BCUT2D eigenvalue weighted by Gasteiger charge is -2.40. The number of rotatable bonds is 9. The van der Waals surface area contributed by atoms with Crippen LogP contribution in [0.25, 0.3) is 0 Å². The van der Waals surface area contributed by atoms with Crippen LogP contribution in [0.5, 0.6) is 0 Å². The Morgan fingerprint density at radius 1 is 1.21 bits per heavy atom. The second-order valence-electron chi connectivity index (χ2n) is 10.2. The first-order chi connectivity index (χ1) is 16.3. The van der Waals surface area contributed by atoms with E-state index >= 15 is 0 Å². The van der Waals surface area contributed by atoms with E-state index in [1.54, 1.807) is 12.4 Å². The number of benzene rings is 1. The molecule has 2 aliphatic rings. The van der Waals surface area contributed by atoms with Gasteiger partial charge in [-0.15, -0.1) is 0 Å². The van der Waals surface area contributed by atoms with Gasteiger partial charge in [-0.2, -0.15) is 0 Å². The van der Waals surface area contributed by atoms with Crippen LogP contribution in [-0.4, -0.2) is 16.7 Å². The lowest BCUT2D eigenvalue weighted by atomic mass is 9.71. The molecule has 34 heavy (non-hydrogen) atoms. The van der Waals surface area contributed by atoms with Gasteiger partial charge in [0.05, 0.1) is 16.1 Å². The van der Waals surface area contributed by atoms with Crippen LogP contribution in [0.1, 0.15) is 75.5 Å². The first-order valence-corrected chi connectivity index (χ1v) is 12.9. The minimum atomic E-state index is -0.520. The smallest absolute Gasteiger partial charge is 0.223 e. The molecule has 4 nitrogen and oxygen atoms in total. The third-order valence-electron chi connectivity index (χ3n) is 7.66. The van der Waals surface area contributed by atoms with Gasteiger partial charge in [-0.25, -0.2) is 4.39 Å². The summed E-state index contributed by atoms with van der Waals surface area (Å²) < 4.78 is 14.9. The molecule has 0 radical (unpaired) electrons. The zero-order chi connectivity index (χ0) is 24.3. The Labute approximate surface area is 210 Å². The molecule has 0 unspecified atom stereocenters. The molecular weight excluding hydrogens is 474 g/mol. The number of nitrogens with zero attached hydrogens (tertiary/aromatic N) is 1. The molecule has 1 N–H and O–H groups in total. The number of aromatic nitrogens is 1. The molecule has 1 atom stereocenters. The topological polar surface area (TPSA) is 59.1 Å². The summed E-state index contributed by atoms with van der Waals surface area (Å²) in [4.78, 5) is 29.5. The van der Waals surface area contributed by atoms with Gasteiger partial charge in [-0.05, 0) is 67.2 Å². The van der Waals surface area contributed by atoms with Crippen molar-refractivity contribution in [1.82, 2.24) is 10.3 Å². The molecule has 2 aromatic rings. The van der Waals surface area contributed by atoms with E-state index in [0.717, 1.165) is 50.5 Å². The van der Waals surface area contributed by atoms with E-state index in [1.165, 1.54) is 12.1 Å². The molecule has 0 aliphatic heterocycles. The number of nitrogens with one attached hydrogen (secondary N) is 1. The average molecular weight is 505 g/mol. The summed E-state index contributed by atoms with van der Waals surface area (Å²) in [7, 11) is 0. The van der Waals surface area contributed by atoms with Crippen LogP contribution < -0.4 is 5.32 Å². The number of ketones is 1. The summed E-state index contributed by atoms with van der Waals surface area (Å²) in [5.41, 5.74) is 0.952. The third kappa shape index (κ3) is 5.63. The van der Waals surface area contributed by atoms with Crippen LogP contribution >= 0.6 is 23.2 Å². The van der Waals surface area contributed by atoms with Crippen LogP contribution in [-0.2, 0) is 16.0 Å². The summed E-state index contributed by atoms with van der Waals surface area (Å²) in [6.07, 6.45) is 10.5. The Morgan fingerprint density at radius 3 is 2.62 bits per heavy atom. The Hall–Kier alpha value is -1.98. The molecule has 7 heteroatoms. The molecule has 1 amide bonds. The second-order valence-corrected chi connectivity index (χ2v) is 11.0. The third-order valence-corrected chi connectivity index (χ3v) is 8.48. The zero-order valence-corrected chi connectivity index (χ0v) is 21.0. The number of carbonyl (C=O) groups excluding carboxylic acids is 2. The molecule has 0 bridgehead atoms. The van der Waals surface area contributed by atoms with E-state index in [0.29, 0.717) is 29.3 Å². The maximum Gasteiger partial charge on any atom is 0.223 e. The number of pyridine rings is 1. The van der Waals surface area contributed by atoms with E-state index in [1.807, 2.05) is 12.1 Å². The maximum atomic E-state index is 14.9. The predicted molar refractivity (Wildman–Crippen MR) is 132 cm³/mol. The van der Waals surface area contributed by atoms with E-state index in [4.69, 9.17) is 23.2 Å². The van der Waals surface area contributed by atoms with Crippen molar-refractivity contribution in [2.45, 2.75) is 70.8 Å². The SMILES string of the molecule is CC1([C@H](NC(=O)C2CC(CCC(=O)Cc3cccnc3)C2)c2c(F)ccc(Cl)c2Cl)CCCC1. The van der Waals surface area contributed by atoms with E-state index in [-0.39, 0.29) is 28.0 Å². The maximum absolute atomic E-state index is 14.9. The lowest BCUT2D eigenvalue weighted by Crippen LogP contribution is -2.45. The largest absolute Gasteiger partial charge is 0.348 e. The number of hydrogen-bond acceptors (Lipinski definition) is 3. The van der Waals surface area contributed by atoms with Crippen molar-refractivity contribution >= 4 is 34.9 Å². The standard InChI is InChI=1S/C27H31Cl2FN2O2/c1-27(10-2-3-11-27)25(23-22(30)9-8-21(28)24(23)29)32-26(34)19-13-17(14-19)6-7-20(33)15-18-5-4-12-31-16-18/h4-5,8-9,12,16-17,19,25H,2-3,6-7,10-11,13-15H2,1H3,(H,32,34)/t17?,19?,25-/m1/s1. The number of hydrogen-bond donors (Lipinski definition) is 1. The molecule has 1 aromatic carbocycles. The van der Waals surface area contributed by atoms with Crippen molar-refractivity contribution in [2.75, 3.05) is 0 Å². The summed E-state index contributed by atoms with van der Waals surface area (Å²) in [6, 6.07) is 5.99. The Morgan fingerprint density at radius 2 is 1.94 bits per heavy atom. The minimum absolute atomic E-state index is 0.0634. The minimum Gasteiger partial charge on any atom is -0.348 e. The van der Waals surface area contributed by atoms with Gasteiger partial charge in [-0.1, -0.05) is 49.0 Å². The Balaban J connectivity index is 1.34. The predicted octanol–water partition coefficient (Wildman–Crippen LogP) is 6.88. The molecule has 2 saturated carbocycles. The highest BCUT2D eigenvalue weighted by atomic mass is 35.5. The van der Waals surface area contributed by atoms with Gasteiger partial charge in [0.15, 0.2) is 0 Å². The molecule has 1 heterocycles. The van der Waals surface area contributed by atoms with Gasteiger partial charge in [-0.3, -0.25) is 14.6 Å². The number of halogens is 3. The highest BCUT2D eigenvalue weighted by Gasteiger charge is 2.43. The van der Waals surface area contributed by atoms with Crippen molar-refractivity contribution in [3.05, 3.63) is 63.6 Å². The van der Waals surface area contributed by atoms with Crippen molar-refractivity contribution in [1.29, 1.82) is 0 Å². The number of amides is 1. The molecule has 0 saturated heterocycles. The average Bonchev–Trinajstić information content (AvgIpc) is 3.23. The van der Waals surface area contributed by atoms with Crippen LogP contribution in [0.3, 0.4) is 0 Å². The highest BCUT2D eigenvalue weighted by molar-refractivity contribution is 6.42. The second kappa shape index (κ2) is 10.7. The monoisotopic (exact) mass is 504 g/mol. The summed E-state index contributed by atoms with van der Waals surface area (Å²) in [6.45, 7) is 2.10. The first kappa shape index (κ1) is 25.1. The van der Waals surface area contributed by atoms with Crippen LogP contribution in [0.2, 0.25) is 10.0 Å². The molecular formula is C27H31Cl2FN2O2. The van der Waals surface area contributed by atoms with Crippen LogP contribution in [0, 0.1) is 23.1 Å². The first-order valence-electron chi connectivity index (χ1n) is 12.1. The molecule has 0 spiro atoms. The molecule has 2 fully saturated rings. The number of Topliss-reactive ketones (excluding diaryl/α,β-unsaturated/α-hetero) is 1. The summed E-state index contributed by atoms with van der Waals surface area (Å²) in [5, 5.41) is 3.62. The van der Waals surface area contributed by atoms with Gasteiger partial charge in [0, 0.05) is 36.7 Å². The van der Waals surface area contributed by atoms with Gasteiger partial charge in [0.2, 0.25) is 5.91 Å². The molecule has 182 valence electrons. The Kier molecular flexibility index (Phi) is 7.94. The Bertz CT molecular complexity index is 1030. The summed E-state index contributed by atoms with van der Waals surface area (Å²) in [5.74, 6) is -0.0632. The van der Waals surface area contributed by atoms with E-state index in [2.05, 4.69) is 17.2 Å². The van der Waals surface area contributed by atoms with Crippen molar-refractivity contribution in [3.8, 4) is 0 Å². The molecule has 4 rings (SSSR count). The fourth-order valence-corrected chi connectivity index (χ4v) is 5.93. The van der Waals surface area contributed by atoms with E-state index in [9.17, 15) is 14.0 Å². The fraction of sp³-hybridized carbons (Fsp3) is 0.519. The quantitative estimate of drug-likeness (QED) is 0.378. The van der Waals surface area contributed by atoms with Crippen LogP contribution in [0.4, 0.5) is 4.39 Å². The van der Waals surface area contributed by atoms with Gasteiger partial charge < -0.3 is 5.32 Å². The van der Waals surface area contributed by atoms with Gasteiger partial charge >= 0.3 is 0 Å². The fourth-order valence-electron chi connectivity index (χ4n) is 5.50. The summed E-state index contributed by atoms with van der Waals surface area (Å²) >= 11 is 12.6. The van der Waals surface area contributed by atoms with Crippen molar-refractivity contribution < 1.29 is 14.0 Å². The lowest BCUT2D eigenvalue weighted by molar-refractivity contribution is -0.131. The van der Waals surface area contributed by atoms with E-state index < -0.39 is 11.9 Å². The number of carbonyl (C=O) groups is 2. The van der Waals surface area contributed by atoms with Crippen molar-refractivity contribution in [3.63, 3.8) is 0 Å². The van der Waals surface area contributed by atoms with Gasteiger partial charge in [0.1, 0.15) is 11.6 Å².